The lowest BCUT2D eigenvalue weighted by Crippen LogP contribution is -2.24. The van der Waals surface area contributed by atoms with E-state index in [0.717, 1.165) is 13.0 Å². The minimum Gasteiger partial charge on any atom is -0.306 e. The van der Waals surface area contributed by atoms with Crippen molar-refractivity contribution in [2.75, 3.05) is 6.54 Å². The van der Waals surface area contributed by atoms with Crippen molar-refractivity contribution in [3.8, 4) is 0 Å². The molecule has 1 heterocycles. The van der Waals surface area contributed by atoms with Gasteiger partial charge in [-0.25, -0.2) is 8.78 Å². The number of halogens is 2. The van der Waals surface area contributed by atoms with Crippen LogP contribution in [0.5, 0.6) is 0 Å². The van der Waals surface area contributed by atoms with Gasteiger partial charge >= 0.3 is 0 Å². The van der Waals surface area contributed by atoms with Crippen LogP contribution in [0.4, 0.5) is 8.78 Å². The van der Waals surface area contributed by atoms with E-state index in [9.17, 15) is 8.78 Å². The highest BCUT2D eigenvalue weighted by atomic mass is 19.1. The Morgan fingerprint density at radius 1 is 1.26 bits per heavy atom. The van der Waals surface area contributed by atoms with Gasteiger partial charge in [-0.15, -0.1) is 0 Å². The molecule has 0 bridgehead atoms. The molecule has 0 aliphatic carbocycles. The van der Waals surface area contributed by atoms with Crippen LogP contribution in [0.25, 0.3) is 0 Å². The van der Waals surface area contributed by atoms with E-state index in [1.807, 2.05) is 6.92 Å². The van der Waals surface area contributed by atoms with Crippen molar-refractivity contribution in [2.45, 2.75) is 19.4 Å². The van der Waals surface area contributed by atoms with Gasteiger partial charge in [0.15, 0.2) is 0 Å². The Balaban J connectivity index is 2.38. The van der Waals surface area contributed by atoms with Crippen LogP contribution in [0.2, 0.25) is 0 Å². The van der Waals surface area contributed by atoms with Crippen molar-refractivity contribution in [1.82, 2.24) is 10.3 Å². The molecular weight excluding hydrogens is 246 g/mol. The van der Waals surface area contributed by atoms with Gasteiger partial charge in [0.05, 0.1) is 12.2 Å². The fraction of sp³-hybridized carbons (Fsp3) is 0.267. The Bertz CT molecular complexity index is 543. The smallest absolute Gasteiger partial charge is 0.146 e. The maximum Gasteiger partial charge on any atom is 0.146 e. The fourth-order valence-electron chi connectivity index (χ4n) is 2.00. The number of nitrogens with one attached hydrogen (secondary N) is 1. The molecule has 0 fully saturated rings. The maximum absolute atomic E-state index is 13.9. The van der Waals surface area contributed by atoms with Gasteiger partial charge in [0.25, 0.3) is 0 Å². The van der Waals surface area contributed by atoms with Gasteiger partial charge in [-0.1, -0.05) is 19.1 Å². The Labute approximate surface area is 111 Å². The highest BCUT2D eigenvalue weighted by Gasteiger charge is 2.17. The lowest BCUT2D eigenvalue weighted by Gasteiger charge is -2.20. The Morgan fingerprint density at radius 3 is 2.79 bits per heavy atom. The molecule has 0 saturated carbocycles. The zero-order valence-electron chi connectivity index (χ0n) is 10.7. The molecular formula is C15H16F2N2. The van der Waals surface area contributed by atoms with Gasteiger partial charge < -0.3 is 5.32 Å². The highest BCUT2D eigenvalue weighted by Crippen LogP contribution is 2.24. The first-order chi connectivity index (χ1) is 9.22. The molecule has 1 N–H and O–H groups in total. The van der Waals surface area contributed by atoms with E-state index in [1.165, 1.54) is 18.3 Å². The normalized spacial score (nSPS) is 12.4. The summed E-state index contributed by atoms with van der Waals surface area (Å²) < 4.78 is 27.2. The number of pyridine rings is 1. The first kappa shape index (κ1) is 13.6. The standard InChI is InChI=1S/C15H16F2N2/c1-2-7-19-15(11-4-3-5-12(16)9-11)13-6-8-18-10-14(13)17/h3-6,8-10,15,19H,2,7H2,1H3. The van der Waals surface area contributed by atoms with E-state index < -0.39 is 0 Å². The quantitative estimate of drug-likeness (QED) is 0.892. The molecule has 1 atom stereocenters. The highest BCUT2D eigenvalue weighted by molar-refractivity contribution is 5.31. The van der Waals surface area contributed by atoms with Crippen LogP contribution in [-0.4, -0.2) is 11.5 Å². The second-order valence-electron chi connectivity index (χ2n) is 4.34. The molecule has 0 radical (unpaired) electrons. The largest absolute Gasteiger partial charge is 0.306 e. The van der Waals surface area contributed by atoms with E-state index in [1.54, 1.807) is 24.4 Å². The number of nitrogens with zero attached hydrogens (tertiary/aromatic N) is 1. The first-order valence-corrected chi connectivity index (χ1v) is 6.30. The molecule has 19 heavy (non-hydrogen) atoms. The molecule has 0 saturated heterocycles. The predicted molar refractivity (Wildman–Crippen MR) is 70.7 cm³/mol. The van der Waals surface area contributed by atoms with Crippen molar-refractivity contribution in [1.29, 1.82) is 0 Å². The topological polar surface area (TPSA) is 24.9 Å². The molecule has 1 aromatic heterocycles. The number of benzene rings is 1. The Hall–Kier alpha value is -1.81. The van der Waals surface area contributed by atoms with E-state index in [0.29, 0.717) is 11.1 Å². The maximum atomic E-state index is 13.9. The van der Waals surface area contributed by atoms with Crippen LogP contribution in [0.3, 0.4) is 0 Å². The summed E-state index contributed by atoms with van der Waals surface area (Å²) in [6.45, 7) is 2.75. The molecule has 2 aromatic rings. The Morgan fingerprint density at radius 2 is 2.11 bits per heavy atom. The Kier molecular flexibility index (Phi) is 4.58. The van der Waals surface area contributed by atoms with E-state index in [-0.39, 0.29) is 17.7 Å². The third-order valence-electron chi connectivity index (χ3n) is 2.90. The van der Waals surface area contributed by atoms with Crippen LogP contribution in [0, 0.1) is 11.6 Å². The average Bonchev–Trinajstić information content (AvgIpc) is 2.41. The SMILES string of the molecule is CCCNC(c1cccc(F)c1)c1ccncc1F. The second-order valence-corrected chi connectivity index (χ2v) is 4.34. The van der Waals surface area contributed by atoms with Crippen LogP contribution < -0.4 is 5.32 Å². The zero-order chi connectivity index (χ0) is 13.7. The monoisotopic (exact) mass is 262 g/mol. The minimum atomic E-state index is -0.389. The van der Waals surface area contributed by atoms with Crippen LogP contribution in [-0.2, 0) is 0 Å². The van der Waals surface area contributed by atoms with E-state index in [4.69, 9.17) is 0 Å². The lowest BCUT2D eigenvalue weighted by molar-refractivity contribution is 0.539. The molecule has 1 unspecified atom stereocenters. The third kappa shape index (κ3) is 3.35. The zero-order valence-corrected chi connectivity index (χ0v) is 10.7. The summed E-state index contributed by atoms with van der Waals surface area (Å²) in [6, 6.07) is 7.48. The summed E-state index contributed by atoms with van der Waals surface area (Å²) in [7, 11) is 0. The molecule has 2 rings (SSSR count). The van der Waals surface area contributed by atoms with Gasteiger partial charge in [0.2, 0.25) is 0 Å². The van der Waals surface area contributed by atoms with Crippen molar-refractivity contribution >= 4 is 0 Å². The van der Waals surface area contributed by atoms with E-state index >= 15 is 0 Å². The molecule has 0 aliphatic heterocycles. The minimum absolute atomic E-state index is 0.324. The summed E-state index contributed by atoms with van der Waals surface area (Å²) >= 11 is 0. The number of hydrogen-bond donors (Lipinski definition) is 1. The average molecular weight is 262 g/mol. The van der Waals surface area contributed by atoms with Crippen molar-refractivity contribution < 1.29 is 8.78 Å². The second kappa shape index (κ2) is 6.38. The molecule has 1 aromatic carbocycles. The molecule has 4 heteroatoms. The summed E-state index contributed by atoms with van der Waals surface area (Å²) in [4.78, 5) is 3.74. The third-order valence-corrected chi connectivity index (χ3v) is 2.90. The predicted octanol–water partition coefficient (Wildman–Crippen LogP) is 3.45. The summed E-state index contributed by atoms with van der Waals surface area (Å²) in [5.41, 5.74) is 1.19. The summed E-state index contributed by atoms with van der Waals surface area (Å²) in [6.07, 6.45) is 3.63. The molecule has 0 aliphatic rings. The number of aromatic nitrogens is 1. The van der Waals surface area contributed by atoms with Gasteiger partial charge in [-0.3, -0.25) is 4.98 Å². The lowest BCUT2D eigenvalue weighted by atomic mass is 9.99. The summed E-state index contributed by atoms with van der Waals surface area (Å²) in [5, 5.41) is 3.24. The number of hydrogen-bond acceptors (Lipinski definition) is 2. The van der Waals surface area contributed by atoms with Crippen LogP contribution in [0.1, 0.15) is 30.5 Å². The van der Waals surface area contributed by atoms with Crippen LogP contribution in [0.15, 0.2) is 42.7 Å². The van der Waals surface area contributed by atoms with Crippen molar-refractivity contribution in [3.05, 3.63) is 65.5 Å². The molecule has 2 nitrogen and oxygen atoms in total. The van der Waals surface area contributed by atoms with Crippen molar-refractivity contribution in [3.63, 3.8) is 0 Å². The van der Waals surface area contributed by atoms with Crippen molar-refractivity contribution in [2.24, 2.45) is 0 Å². The summed E-state index contributed by atoms with van der Waals surface area (Å²) in [5.74, 6) is -0.712. The van der Waals surface area contributed by atoms with Gasteiger partial charge in [0.1, 0.15) is 11.6 Å². The van der Waals surface area contributed by atoms with Gasteiger partial charge in [-0.2, -0.15) is 0 Å². The van der Waals surface area contributed by atoms with Crippen LogP contribution >= 0.6 is 0 Å². The first-order valence-electron chi connectivity index (χ1n) is 6.30. The molecule has 0 spiro atoms. The van der Waals surface area contributed by atoms with Gasteiger partial charge in [-0.05, 0) is 36.7 Å². The molecule has 0 amide bonds. The van der Waals surface area contributed by atoms with Gasteiger partial charge in [0, 0.05) is 11.8 Å². The fourth-order valence-corrected chi connectivity index (χ4v) is 2.00. The molecule has 100 valence electrons. The van der Waals surface area contributed by atoms with E-state index in [2.05, 4.69) is 10.3 Å². The number of rotatable bonds is 5.